The molecule has 9 nitrogen and oxygen atoms in total. The SMILES string of the molecule is COc1ccc(CN(C(=O)CN(c2cccc(Cl)c2)S(=O)(=O)c2ccc(OC)cc2)[C@H](C)C(=O)NC2CCCCC2)cc1. The standard InChI is InChI=1S/C32H38ClN3O6S/c1-23(32(38)34-26-9-5-4-6-10-26)35(21-24-12-14-28(41-2)15-13-24)31(37)22-36(27-11-7-8-25(33)20-27)43(39,40)30-18-16-29(42-3)17-19-30/h7-8,11-20,23,26H,4-6,9-10,21-22H2,1-3H3,(H,34,38)/t23-/m1/s1. The molecule has 11 heteroatoms. The van der Waals surface area contributed by atoms with Crippen molar-refractivity contribution >= 4 is 39.1 Å². The van der Waals surface area contributed by atoms with E-state index < -0.39 is 28.5 Å². The Morgan fingerprint density at radius 2 is 1.53 bits per heavy atom. The number of ether oxygens (including phenoxy) is 2. The predicted molar refractivity (Wildman–Crippen MR) is 167 cm³/mol. The first-order chi connectivity index (χ1) is 20.6. The summed E-state index contributed by atoms with van der Waals surface area (Å²) in [4.78, 5) is 29.0. The van der Waals surface area contributed by atoms with Crippen LogP contribution < -0.4 is 19.1 Å². The van der Waals surface area contributed by atoms with E-state index in [-0.39, 0.29) is 29.1 Å². The molecule has 0 aliphatic heterocycles. The van der Waals surface area contributed by atoms with Crippen LogP contribution >= 0.6 is 11.6 Å². The normalized spacial score (nSPS) is 14.4. The van der Waals surface area contributed by atoms with Crippen molar-refractivity contribution in [2.45, 2.75) is 62.6 Å². The van der Waals surface area contributed by atoms with E-state index in [1.54, 1.807) is 56.5 Å². The predicted octanol–water partition coefficient (Wildman–Crippen LogP) is 5.42. The van der Waals surface area contributed by atoms with Crippen LogP contribution in [0.1, 0.15) is 44.6 Å². The highest BCUT2D eigenvalue weighted by Gasteiger charge is 2.33. The minimum Gasteiger partial charge on any atom is -0.497 e. The van der Waals surface area contributed by atoms with Gasteiger partial charge in [-0.05, 0) is 79.9 Å². The van der Waals surface area contributed by atoms with Crippen molar-refractivity contribution in [2.75, 3.05) is 25.1 Å². The lowest BCUT2D eigenvalue weighted by atomic mass is 9.95. The van der Waals surface area contributed by atoms with Gasteiger partial charge in [0.15, 0.2) is 0 Å². The third kappa shape index (κ3) is 8.20. The highest BCUT2D eigenvalue weighted by molar-refractivity contribution is 7.92. The first kappa shape index (κ1) is 32.2. The fourth-order valence-electron chi connectivity index (χ4n) is 5.11. The number of nitrogens with zero attached hydrogens (tertiary/aromatic N) is 2. The Labute approximate surface area is 258 Å². The van der Waals surface area contributed by atoms with Gasteiger partial charge in [0.25, 0.3) is 10.0 Å². The number of halogens is 1. The summed E-state index contributed by atoms with van der Waals surface area (Å²) in [6, 6.07) is 18.6. The zero-order valence-corrected chi connectivity index (χ0v) is 26.2. The van der Waals surface area contributed by atoms with Crippen molar-refractivity contribution < 1.29 is 27.5 Å². The first-order valence-electron chi connectivity index (χ1n) is 14.3. The van der Waals surface area contributed by atoms with Crippen LogP contribution in [-0.2, 0) is 26.2 Å². The van der Waals surface area contributed by atoms with E-state index in [0.29, 0.717) is 16.5 Å². The third-order valence-corrected chi connectivity index (χ3v) is 9.68. The van der Waals surface area contributed by atoms with Gasteiger partial charge in [-0.15, -0.1) is 0 Å². The molecule has 2 amide bonds. The van der Waals surface area contributed by atoms with Gasteiger partial charge in [0.2, 0.25) is 11.8 Å². The number of anilines is 1. The summed E-state index contributed by atoms with van der Waals surface area (Å²) in [5.41, 5.74) is 0.985. The molecule has 0 unspecified atom stereocenters. The van der Waals surface area contributed by atoms with Gasteiger partial charge in [-0.3, -0.25) is 13.9 Å². The second kappa shape index (κ2) is 14.6. The molecule has 0 radical (unpaired) electrons. The maximum absolute atomic E-state index is 14.1. The van der Waals surface area contributed by atoms with Gasteiger partial charge in [-0.2, -0.15) is 0 Å². The molecule has 1 atom stereocenters. The first-order valence-corrected chi connectivity index (χ1v) is 16.1. The number of sulfonamides is 1. The average molecular weight is 628 g/mol. The summed E-state index contributed by atoms with van der Waals surface area (Å²) < 4.78 is 39.4. The lowest BCUT2D eigenvalue weighted by molar-refractivity contribution is -0.139. The van der Waals surface area contributed by atoms with Gasteiger partial charge in [0.1, 0.15) is 24.1 Å². The Kier molecular flexibility index (Phi) is 10.9. The highest BCUT2D eigenvalue weighted by atomic mass is 35.5. The molecule has 4 rings (SSSR count). The fourth-order valence-corrected chi connectivity index (χ4v) is 6.70. The Bertz CT molecular complexity index is 1490. The monoisotopic (exact) mass is 627 g/mol. The minimum absolute atomic E-state index is 0.0223. The maximum Gasteiger partial charge on any atom is 0.264 e. The maximum atomic E-state index is 14.1. The van der Waals surface area contributed by atoms with E-state index in [1.807, 2.05) is 12.1 Å². The zero-order valence-electron chi connectivity index (χ0n) is 24.7. The molecule has 3 aromatic rings. The summed E-state index contributed by atoms with van der Waals surface area (Å²) in [5, 5.41) is 3.42. The van der Waals surface area contributed by atoms with E-state index in [9.17, 15) is 18.0 Å². The van der Waals surface area contributed by atoms with Crippen molar-refractivity contribution in [3.63, 3.8) is 0 Å². The minimum atomic E-state index is -4.22. The molecule has 43 heavy (non-hydrogen) atoms. The Morgan fingerprint density at radius 3 is 2.12 bits per heavy atom. The molecular weight excluding hydrogens is 590 g/mol. The largest absolute Gasteiger partial charge is 0.497 e. The molecule has 0 saturated heterocycles. The second-order valence-corrected chi connectivity index (χ2v) is 12.9. The van der Waals surface area contributed by atoms with E-state index in [0.717, 1.165) is 42.0 Å². The highest BCUT2D eigenvalue weighted by Crippen LogP contribution is 2.28. The number of nitrogens with one attached hydrogen (secondary N) is 1. The molecule has 0 spiro atoms. The summed E-state index contributed by atoms with van der Waals surface area (Å²) in [5.74, 6) is 0.329. The second-order valence-electron chi connectivity index (χ2n) is 10.6. The molecule has 0 bridgehead atoms. The van der Waals surface area contributed by atoms with Crippen molar-refractivity contribution in [3.8, 4) is 11.5 Å². The van der Waals surface area contributed by atoms with Gasteiger partial charge >= 0.3 is 0 Å². The number of methoxy groups -OCH3 is 2. The number of carbonyl (C=O) groups is 2. The summed E-state index contributed by atoms with van der Waals surface area (Å²) in [6.07, 6.45) is 5.03. The Morgan fingerprint density at radius 1 is 0.930 bits per heavy atom. The Hall–Kier alpha value is -3.76. The number of carbonyl (C=O) groups excluding carboxylic acids is 2. The van der Waals surface area contributed by atoms with Crippen LogP contribution in [-0.4, -0.2) is 58.0 Å². The lowest BCUT2D eigenvalue weighted by Gasteiger charge is -2.33. The zero-order chi connectivity index (χ0) is 31.0. The number of rotatable bonds is 12. The molecule has 1 aliphatic rings. The van der Waals surface area contributed by atoms with Crippen LogP contribution in [0.25, 0.3) is 0 Å². The quantitative estimate of drug-likeness (QED) is 0.288. The lowest BCUT2D eigenvalue weighted by Crippen LogP contribution is -2.53. The average Bonchev–Trinajstić information content (AvgIpc) is 3.02. The van der Waals surface area contributed by atoms with Gasteiger partial charge in [-0.25, -0.2) is 8.42 Å². The number of hydrogen-bond donors (Lipinski definition) is 1. The number of benzene rings is 3. The van der Waals surface area contributed by atoms with E-state index in [1.165, 1.54) is 30.2 Å². The van der Waals surface area contributed by atoms with Crippen molar-refractivity contribution in [2.24, 2.45) is 0 Å². The third-order valence-electron chi connectivity index (χ3n) is 7.65. The molecule has 3 aromatic carbocycles. The van der Waals surface area contributed by atoms with Crippen molar-refractivity contribution in [3.05, 3.63) is 83.4 Å². The van der Waals surface area contributed by atoms with Gasteiger partial charge in [0, 0.05) is 17.6 Å². The molecular formula is C32H38ClN3O6S. The van der Waals surface area contributed by atoms with Crippen LogP contribution in [0.5, 0.6) is 11.5 Å². The molecule has 0 heterocycles. The molecule has 1 N–H and O–H groups in total. The molecule has 0 aromatic heterocycles. The Balaban J connectivity index is 1.67. The summed E-state index contributed by atoms with van der Waals surface area (Å²) in [6.45, 7) is 1.21. The fraction of sp³-hybridized carbons (Fsp3) is 0.375. The van der Waals surface area contributed by atoms with E-state index in [4.69, 9.17) is 21.1 Å². The number of amides is 2. The summed E-state index contributed by atoms with van der Waals surface area (Å²) >= 11 is 6.24. The van der Waals surface area contributed by atoms with Crippen molar-refractivity contribution in [1.82, 2.24) is 10.2 Å². The smallest absolute Gasteiger partial charge is 0.264 e. The molecule has 1 aliphatic carbocycles. The van der Waals surface area contributed by atoms with Crippen LogP contribution in [0.3, 0.4) is 0 Å². The van der Waals surface area contributed by atoms with Crippen LogP contribution in [0.4, 0.5) is 5.69 Å². The summed E-state index contributed by atoms with van der Waals surface area (Å²) in [7, 11) is -1.17. The van der Waals surface area contributed by atoms with Crippen LogP contribution in [0, 0.1) is 0 Å². The number of hydrogen-bond acceptors (Lipinski definition) is 6. The molecule has 1 fully saturated rings. The van der Waals surface area contributed by atoms with Gasteiger partial charge in [0.05, 0.1) is 24.8 Å². The topological polar surface area (TPSA) is 105 Å². The van der Waals surface area contributed by atoms with Crippen LogP contribution in [0.2, 0.25) is 5.02 Å². The molecule has 230 valence electrons. The van der Waals surface area contributed by atoms with Crippen LogP contribution in [0.15, 0.2) is 77.7 Å². The van der Waals surface area contributed by atoms with E-state index in [2.05, 4.69) is 5.32 Å². The van der Waals surface area contributed by atoms with Gasteiger partial charge < -0.3 is 19.7 Å². The van der Waals surface area contributed by atoms with Crippen molar-refractivity contribution in [1.29, 1.82) is 0 Å². The van der Waals surface area contributed by atoms with Gasteiger partial charge in [-0.1, -0.05) is 49.1 Å². The van der Waals surface area contributed by atoms with E-state index >= 15 is 0 Å². The molecule has 1 saturated carbocycles.